The van der Waals surface area contributed by atoms with E-state index in [1.807, 2.05) is 0 Å². The van der Waals surface area contributed by atoms with Crippen molar-refractivity contribution in [3.8, 4) is 11.1 Å². The minimum Gasteiger partial charge on any atom is -0.0654 e. The summed E-state index contributed by atoms with van der Waals surface area (Å²) < 4.78 is 0. The van der Waals surface area contributed by atoms with Gasteiger partial charge >= 0.3 is 0 Å². The predicted molar refractivity (Wildman–Crippen MR) is 111 cm³/mol. The molecule has 0 atom stereocenters. The van der Waals surface area contributed by atoms with Gasteiger partial charge in [0.05, 0.1) is 0 Å². The minimum absolute atomic E-state index is 0.210. The summed E-state index contributed by atoms with van der Waals surface area (Å²) in [6, 6.07) is 12.1. The van der Waals surface area contributed by atoms with Crippen LogP contribution < -0.4 is 0 Å². The van der Waals surface area contributed by atoms with Gasteiger partial charge in [0.25, 0.3) is 0 Å². The van der Waals surface area contributed by atoms with Gasteiger partial charge in [-0.05, 0) is 69.0 Å². The molecule has 3 rings (SSSR count). The third kappa shape index (κ3) is 3.54. The molecule has 0 saturated carbocycles. The summed E-state index contributed by atoms with van der Waals surface area (Å²) in [5.74, 6) is 0. The zero-order valence-electron chi connectivity index (χ0n) is 17.2. The van der Waals surface area contributed by atoms with E-state index >= 15 is 0 Å². The monoisotopic (exact) mass is 334 g/mol. The Morgan fingerprint density at radius 3 is 2.04 bits per heavy atom. The maximum atomic E-state index is 2.49. The van der Waals surface area contributed by atoms with Crippen molar-refractivity contribution >= 4 is 0 Å². The molecular formula is C25H34. The molecule has 1 aliphatic carbocycles. The van der Waals surface area contributed by atoms with Crippen LogP contribution in [-0.2, 0) is 23.7 Å². The molecule has 0 spiro atoms. The van der Waals surface area contributed by atoms with Crippen LogP contribution in [0.5, 0.6) is 0 Å². The first-order chi connectivity index (χ1) is 11.6. The van der Waals surface area contributed by atoms with Crippen molar-refractivity contribution in [2.75, 3.05) is 0 Å². The number of benzene rings is 2. The van der Waals surface area contributed by atoms with Crippen LogP contribution >= 0.6 is 0 Å². The Morgan fingerprint density at radius 2 is 1.44 bits per heavy atom. The van der Waals surface area contributed by atoms with Crippen LogP contribution in [0.4, 0.5) is 0 Å². The van der Waals surface area contributed by atoms with E-state index in [-0.39, 0.29) is 10.8 Å². The minimum atomic E-state index is 0.210. The van der Waals surface area contributed by atoms with E-state index in [9.17, 15) is 0 Å². The summed E-state index contributed by atoms with van der Waals surface area (Å²) in [7, 11) is 0. The van der Waals surface area contributed by atoms with E-state index in [2.05, 4.69) is 78.8 Å². The Kier molecular flexibility index (Phi) is 4.60. The Bertz CT molecular complexity index is 779. The van der Waals surface area contributed by atoms with Gasteiger partial charge in [-0.15, -0.1) is 0 Å². The average molecular weight is 335 g/mol. The lowest BCUT2D eigenvalue weighted by atomic mass is 9.82. The number of unbranched alkanes of at least 4 members (excludes halogenated alkanes) is 1. The molecule has 0 aromatic heterocycles. The maximum absolute atomic E-state index is 2.49. The van der Waals surface area contributed by atoms with Crippen LogP contribution in [-0.4, -0.2) is 0 Å². The lowest BCUT2D eigenvalue weighted by Gasteiger charge is -2.22. The predicted octanol–water partition coefficient (Wildman–Crippen LogP) is 7.20. The second-order valence-electron chi connectivity index (χ2n) is 9.82. The molecule has 2 aromatic carbocycles. The maximum Gasteiger partial charge on any atom is -0.00131 e. The molecule has 0 heterocycles. The van der Waals surface area contributed by atoms with Crippen LogP contribution in [0.25, 0.3) is 11.1 Å². The molecule has 0 aliphatic heterocycles. The first-order valence-electron chi connectivity index (χ1n) is 9.91. The van der Waals surface area contributed by atoms with Gasteiger partial charge < -0.3 is 0 Å². The molecule has 0 fully saturated rings. The van der Waals surface area contributed by atoms with E-state index in [4.69, 9.17) is 0 Å². The van der Waals surface area contributed by atoms with Crippen molar-refractivity contribution in [2.45, 2.75) is 85.0 Å². The van der Waals surface area contributed by atoms with Crippen LogP contribution in [0.1, 0.15) is 89.1 Å². The highest BCUT2D eigenvalue weighted by Gasteiger charge is 2.26. The SMILES string of the molecule is CCCCc1cc(C(C)(C)C)cc2c1-c1ccc(C(C)(C)C)cc1C2. The molecule has 0 bridgehead atoms. The molecule has 134 valence electrons. The zero-order valence-corrected chi connectivity index (χ0v) is 17.2. The molecule has 0 N–H and O–H groups in total. The topological polar surface area (TPSA) is 0 Å². The largest absolute Gasteiger partial charge is 0.0654 e. The van der Waals surface area contributed by atoms with Crippen molar-refractivity contribution in [3.63, 3.8) is 0 Å². The van der Waals surface area contributed by atoms with Gasteiger partial charge in [0.15, 0.2) is 0 Å². The molecule has 0 nitrogen and oxygen atoms in total. The Balaban J connectivity index is 2.13. The highest BCUT2D eigenvalue weighted by molar-refractivity contribution is 5.80. The van der Waals surface area contributed by atoms with Crippen LogP contribution in [0.3, 0.4) is 0 Å². The molecule has 0 saturated heterocycles. The average Bonchev–Trinajstić information content (AvgIpc) is 2.88. The molecule has 2 aromatic rings. The van der Waals surface area contributed by atoms with Crippen molar-refractivity contribution < 1.29 is 0 Å². The summed E-state index contributed by atoms with van der Waals surface area (Å²) in [6.07, 6.45) is 4.82. The summed E-state index contributed by atoms with van der Waals surface area (Å²) in [4.78, 5) is 0. The van der Waals surface area contributed by atoms with E-state index < -0.39 is 0 Å². The van der Waals surface area contributed by atoms with E-state index in [1.165, 1.54) is 47.1 Å². The molecule has 1 aliphatic rings. The first kappa shape index (κ1) is 18.2. The summed E-state index contributed by atoms with van der Waals surface area (Å²) in [6.45, 7) is 16.2. The van der Waals surface area contributed by atoms with Gasteiger partial charge in [-0.25, -0.2) is 0 Å². The normalized spacial score (nSPS) is 13.7. The molecule has 0 unspecified atom stereocenters. The zero-order chi connectivity index (χ0) is 18.4. The summed E-state index contributed by atoms with van der Waals surface area (Å²) >= 11 is 0. The molecule has 0 amide bonds. The number of fused-ring (bicyclic) bond motifs is 3. The number of rotatable bonds is 3. The van der Waals surface area contributed by atoms with Crippen LogP contribution in [0.2, 0.25) is 0 Å². The van der Waals surface area contributed by atoms with Gasteiger partial charge in [-0.1, -0.05) is 85.2 Å². The fraction of sp³-hybridized carbons (Fsp3) is 0.520. The van der Waals surface area contributed by atoms with Gasteiger partial charge in [0, 0.05) is 0 Å². The second kappa shape index (κ2) is 6.31. The second-order valence-corrected chi connectivity index (χ2v) is 9.82. The third-order valence-corrected chi connectivity index (χ3v) is 5.59. The van der Waals surface area contributed by atoms with Gasteiger partial charge in [-0.3, -0.25) is 0 Å². The van der Waals surface area contributed by atoms with Gasteiger partial charge in [0.2, 0.25) is 0 Å². The number of aryl methyl sites for hydroxylation is 1. The number of hydrogen-bond acceptors (Lipinski definition) is 0. The van der Waals surface area contributed by atoms with E-state index in [0.29, 0.717) is 0 Å². The Hall–Kier alpha value is -1.56. The van der Waals surface area contributed by atoms with Crippen molar-refractivity contribution in [2.24, 2.45) is 0 Å². The Morgan fingerprint density at radius 1 is 0.800 bits per heavy atom. The standard InChI is InChI=1S/C25H34/c1-8-9-10-17-14-21(25(5,6)7)16-19-13-18-15-20(24(2,3)4)11-12-22(18)23(17)19/h11-12,14-16H,8-10,13H2,1-7H3. The summed E-state index contributed by atoms with van der Waals surface area (Å²) in [5, 5.41) is 0. The van der Waals surface area contributed by atoms with E-state index in [0.717, 1.165) is 6.42 Å². The first-order valence-corrected chi connectivity index (χ1v) is 9.91. The molecular weight excluding hydrogens is 300 g/mol. The lowest BCUT2D eigenvalue weighted by Crippen LogP contribution is -2.12. The molecule has 0 heteroatoms. The molecule has 0 radical (unpaired) electrons. The van der Waals surface area contributed by atoms with Gasteiger partial charge in [0.1, 0.15) is 0 Å². The summed E-state index contributed by atoms with van der Waals surface area (Å²) in [5.41, 5.74) is 11.0. The fourth-order valence-corrected chi connectivity index (χ4v) is 3.91. The third-order valence-electron chi connectivity index (χ3n) is 5.59. The van der Waals surface area contributed by atoms with Crippen LogP contribution in [0, 0.1) is 0 Å². The highest BCUT2D eigenvalue weighted by Crippen LogP contribution is 2.43. The Labute approximate surface area is 154 Å². The quantitative estimate of drug-likeness (QED) is 0.475. The smallest absolute Gasteiger partial charge is 0.00131 e. The van der Waals surface area contributed by atoms with E-state index in [1.54, 1.807) is 11.1 Å². The fourth-order valence-electron chi connectivity index (χ4n) is 3.91. The molecule has 25 heavy (non-hydrogen) atoms. The van der Waals surface area contributed by atoms with Gasteiger partial charge in [-0.2, -0.15) is 0 Å². The van der Waals surface area contributed by atoms with Crippen molar-refractivity contribution in [1.82, 2.24) is 0 Å². The number of hydrogen-bond donors (Lipinski definition) is 0. The van der Waals surface area contributed by atoms with Crippen molar-refractivity contribution in [3.05, 3.63) is 58.1 Å². The van der Waals surface area contributed by atoms with Crippen molar-refractivity contribution in [1.29, 1.82) is 0 Å². The highest BCUT2D eigenvalue weighted by atomic mass is 14.3. The lowest BCUT2D eigenvalue weighted by molar-refractivity contribution is 0.588. The van der Waals surface area contributed by atoms with Crippen LogP contribution in [0.15, 0.2) is 30.3 Å².